The molecule has 0 aliphatic carbocycles. The lowest BCUT2D eigenvalue weighted by Gasteiger charge is -2.04. The van der Waals surface area contributed by atoms with Crippen LogP contribution in [0.2, 0.25) is 5.02 Å². The number of hydrazone groups is 1. The first-order valence-corrected chi connectivity index (χ1v) is 5.99. The van der Waals surface area contributed by atoms with E-state index in [-0.39, 0.29) is 5.75 Å². The summed E-state index contributed by atoms with van der Waals surface area (Å²) in [5.41, 5.74) is 4.06. The van der Waals surface area contributed by atoms with Crippen molar-refractivity contribution >= 4 is 23.5 Å². The van der Waals surface area contributed by atoms with Crippen molar-refractivity contribution < 1.29 is 9.84 Å². The number of hydrogen-bond donors (Lipinski definition) is 2. The highest BCUT2D eigenvalue weighted by Crippen LogP contribution is 2.22. The molecule has 2 aromatic rings. The number of anilines is 1. The van der Waals surface area contributed by atoms with Crippen molar-refractivity contribution in [2.75, 3.05) is 12.5 Å². The molecule has 0 radical (unpaired) electrons. The molecule has 0 amide bonds. The van der Waals surface area contributed by atoms with E-state index in [1.165, 1.54) is 6.21 Å². The van der Waals surface area contributed by atoms with Crippen LogP contribution in [0.1, 0.15) is 5.56 Å². The van der Waals surface area contributed by atoms with Crippen LogP contribution in [0.3, 0.4) is 0 Å². The zero-order chi connectivity index (χ0) is 13.7. The van der Waals surface area contributed by atoms with Gasteiger partial charge in [0.25, 0.3) is 0 Å². The zero-order valence-electron chi connectivity index (χ0n) is 10.3. The second-order valence-electron chi connectivity index (χ2n) is 3.77. The first-order valence-electron chi connectivity index (χ1n) is 5.61. The van der Waals surface area contributed by atoms with Gasteiger partial charge in [-0.1, -0.05) is 23.7 Å². The third-order valence-electron chi connectivity index (χ3n) is 2.50. The highest BCUT2D eigenvalue weighted by atomic mass is 35.5. The number of para-hydroxylation sites is 1. The maximum absolute atomic E-state index is 9.68. The summed E-state index contributed by atoms with van der Waals surface area (Å²) in [6, 6.07) is 12.2. The van der Waals surface area contributed by atoms with E-state index < -0.39 is 0 Å². The second kappa shape index (κ2) is 6.11. The van der Waals surface area contributed by atoms with E-state index in [2.05, 4.69) is 10.5 Å². The van der Waals surface area contributed by atoms with Gasteiger partial charge in [-0.05, 0) is 30.3 Å². The summed E-state index contributed by atoms with van der Waals surface area (Å²) in [6.45, 7) is 0. The lowest BCUT2D eigenvalue weighted by atomic mass is 10.2. The smallest absolute Gasteiger partial charge is 0.124 e. The molecule has 19 heavy (non-hydrogen) atoms. The quantitative estimate of drug-likeness (QED) is 0.664. The van der Waals surface area contributed by atoms with Crippen LogP contribution in [0, 0.1) is 0 Å². The minimum Gasteiger partial charge on any atom is -0.507 e. The van der Waals surface area contributed by atoms with Gasteiger partial charge in [0.2, 0.25) is 0 Å². The molecule has 0 spiro atoms. The molecule has 4 nitrogen and oxygen atoms in total. The van der Waals surface area contributed by atoms with E-state index in [4.69, 9.17) is 16.3 Å². The molecule has 0 saturated heterocycles. The number of benzene rings is 2. The molecule has 0 bridgehead atoms. The predicted molar refractivity (Wildman–Crippen MR) is 77.3 cm³/mol. The number of methoxy groups -OCH3 is 1. The van der Waals surface area contributed by atoms with Crippen molar-refractivity contribution in [1.82, 2.24) is 0 Å². The molecule has 2 rings (SSSR count). The van der Waals surface area contributed by atoms with E-state index in [0.717, 1.165) is 0 Å². The lowest BCUT2D eigenvalue weighted by Crippen LogP contribution is -1.92. The molecule has 0 saturated carbocycles. The van der Waals surface area contributed by atoms with Gasteiger partial charge in [-0.15, -0.1) is 0 Å². The van der Waals surface area contributed by atoms with Gasteiger partial charge in [0.15, 0.2) is 0 Å². The average molecular weight is 277 g/mol. The standard InChI is InChI=1S/C14H13ClN2O2/c1-19-11-6-7-14(18)10(8-11)9-16-17-13-5-3-2-4-12(13)15/h2-9,17-18H,1H3/b16-9-. The molecule has 0 aliphatic heterocycles. The Morgan fingerprint density at radius 2 is 2.05 bits per heavy atom. The summed E-state index contributed by atoms with van der Waals surface area (Å²) in [5, 5.41) is 14.3. The molecule has 2 N–H and O–H groups in total. The Morgan fingerprint density at radius 3 is 2.79 bits per heavy atom. The van der Waals surface area contributed by atoms with Gasteiger partial charge in [-0.2, -0.15) is 5.10 Å². The number of phenolic OH excluding ortho intramolecular Hbond substituents is 1. The van der Waals surface area contributed by atoms with Crippen LogP contribution in [-0.2, 0) is 0 Å². The van der Waals surface area contributed by atoms with Gasteiger partial charge in [0.1, 0.15) is 11.5 Å². The summed E-state index contributed by atoms with van der Waals surface area (Å²) in [5.74, 6) is 0.780. The van der Waals surface area contributed by atoms with Crippen LogP contribution in [0.25, 0.3) is 0 Å². The minimum absolute atomic E-state index is 0.130. The molecule has 0 fully saturated rings. The summed E-state index contributed by atoms with van der Waals surface area (Å²) < 4.78 is 5.08. The van der Waals surface area contributed by atoms with Crippen LogP contribution in [0.15, 0.2) is 47.6 Å². The molecule has 2 aromatic carbocycles. The first kappa shape index (κ1) is 13.2. The highest BCUT2D eigenvalue weighted by molar-refractivity contribution is 6.33. The Balaban J connectivity index is 2.13. The summed E-state index contributed by atoms with van der Waals surface area (Å²) in [6.07, 6.45) is 1.50. The molecule has 5 heteroatoms. The predicted octanol–water partition coefficient (Wildman–Crippen LogP) is 3.50. The molecular formula is C14H13ClN2O2. The monoisotopic (exact) mass is 276 g/mol. The Bertz CT molecular complexity index is 600. The molecule has 0 unspecified atom stereocenters. The van der Waals surface area contributed by atoms with Gasteiger partial charge in [0.05, 0.1) is 24.0 Å². The number of aromatic hydroxyl groups is 1. The van der Waals surface area contributed by atoms with E-state index in [0.29, 0.717) is 22.0 Å². The number of ether oxygens (including phenoxy) is 1. The van der Waals surface area contributed by atoms with Crippen molar-refractivity contribution in [1.29, 1.82) is 0 Å². The van der Waals surface area contributed by atoms with Crippen molar-refractivity contribution in [3.63, 3.8) is 0 Å². The van der Waals surface area contributed by atoms with Crippen LogP contribution >= 0.6 is 11.6 Å². The number of nitrogens with one attached hydrogen (secondary N) is 1. The Morgan fingerprint density at radius 1 is 1.26 bits per heavy atom. The molecule has 0 atom stereocenters. The van der Waals surface area contributed by atoms with E-state index in [1.807, 2.05) is 18.2 Å². The van der Waals surface area contributed by atoms with Crippen molar-refractivity contribution in [3.8, 4) is 11.5 Å². The largest absolute Gasteiger partial charge is 0.507 e. The van der Waals surface area contributed by atoms with Crippen LogP contribution in [-0.4, -0.2) is 18.4 Å². The van der Waals surface area contributed by atoms with Crippen LogP contribution in [0.5, 0.6) is 11.5 Å². The topological polar surface area (TPSA) is 53.9 Å². The number of halogens is 1. The first-order chi connectivity index (χ1) is 9.20. The normalized spacial score (nSPS) is 10.6. The van der Waals surface area contributed by atoms with Gasteiger partial charge in [0, 0.05) is 5.56 Å². The van der Waals surface area contributed by atoms with Gasteiger partial charge < -0.3 is 9.84 Å². The fourth-order valence-electron chi connectivity index (χ4n) is 1.49. The van der Waals surface area contributed by atoms with Gasteiger partial charge in [-0.3, -0.25) is 5.43 Å². The molecular weight excluding hydrogens is 264 g/mol. The summed E-state index contributed by atoms with van der Waals surface area (Å²) in [4.78, 5) is 0. The second-order valence-corrected chi connectivity index (χ2v) is 4.18. The van der Waals surface area contributed by atoms with Crippen molar-refractivity contribution in [3.05, 3.63) is 53.1 Å². The minimum atomic E-state index is 0.130. The molecule has 98 valence electrons. The molecule has 0 heterocycles. The number of phenols is 1. The Labute approximate surface area is 116 Å². The van der Waals surface area contributed by atoms with Crippen molar-refractivity contribution in [2.24, 2.45) is 5.10 Å². The highest BCUT2D eigenvalue weighted by Gasteiger charge is 2.01. The van der Waals surface area contributed by atoms with Crippen LogP contribution < -0.4 is 10.2 Å². The third-order valence-corrected chi connectivity index (χ3v) is 2.83. The maximum Gasteiger partial charge on any atom is 0.124 e. The van der Waals surface area contributed by atoms with E-state index >= 15 is 0 Å². The number of hydrogen-bond acceptors (Lipinski definition) is 4. The van der Waals surface area contributed by atoms with E-state index in [1.54, 1.807) is 31.4 Å². The number of nitrogens with zero attached hydrogens (tertiary/aromatic N) is 1. The SMILES string of the molecule is COc1ccc(O)c(/C=N\Nc2ccccc2Cl)c1. The van der Waals surface area contributed by atoms with Gasteiger partial charge >= 0.3 is 0 Å². The van der Waals surface area contributed by atoms with Crippen LogP contribution in [0.4, 0.5) is 5.69 Å². The summed E-state index contributed by atoms with van der Waals surface area (Å²) >= 11 is 5.98. The summed E-state index contributed by atoms with van der Waals surface area (Å²) in [7, 11) is 1.56. The van der Waals surface area contributed by atoms with E-state index in [9.17, 15) is 5.11 Å². The zero-order valence-corrected chi connectivity index (χ0v) is 11.1. The fraction of sp³-hybridized carbons (Fsp3) is 0.0714. The Kier molecular flexibility index (Phi) is 4.26. The molecule has 0 aliphatic rings. The fourth-order valence-corrected chi connectivity index (χ4v) is 1.66. The maximum atomic E-state index is 9.68. The Hall–Kier alpha value is -2.20. The van der Waals surface area contributed by atoms with Crippen molar-refractivity contribution in [2.45, 2.75) is 0 Å². The number of rotatable bonds is 4. The van der Waals surface area contributed by atoms with Gasteiger partial charge in [-0.25, -0.2) is 0 Å². The average Bonchev–Trinajstić information content (AvgIpc) is 2.43. The third kappa shape index (κ3) is 3.39. The molecule has 0 aromatic heterocycles. The lowest BCUT2D eigenvalue weighted by molar-refractivity contribution is 0.412.